The number of hydrogen-bond donors (Lipinski definition) is 1. The molecule has 1 heterocycles. The van der Waals surface area contributed by atoms with Gasteiger partial charge in [-0.15, -0.1) is 0 Å². The lowest BCUT2D eigenvalue weighted by Gasteiger charge is -2.36. The number of nitrogens with one attached hydrogen (secondary N) is 1. The minimum Gasteiger partial charge on any atom is -0.368 e. The van der Waals surface area contributed by atoms with Gasteiger partial charge < -0.3 is 15.1 Å². The Morgan fingerprint density at radius 3 is 2.48 bits per heavy atom. The van der Waals surface area contributed by atoms with Gasteiger partial charge in [0.25, 0.3) is 0 Å². The Kier molecular flexibility index (Phi) is 5.08. The van der Waals surface area contributed by atoms with Crippen LogP contribution in [-0.2, 0) is 0 Å². The van der Waals surface area contributed by atoms with Gasteiger partial charge in [-0.3, -0.25) is 0 Å². The molecule has 0 spiro atoms. The van der Waals surface area contributed by atoms with Gasteiger partial charge in [-0.1, -0.05) is 17.7 Å². The van der Waals surface area contributed by atoms with Crippen LogP contribution in [0.3, 0.4) is 0 Å². The van der Waals surface area contributed by atoms with Crippen molar-refractivity contribution in [3.63, 3.8) is 0 Å². The molecule has 132 valence electrons. The second kappa shape index (κ2) is 7.27. The number of hydrogen-bond acceptors (Lipinski definition) is 2. The summed E-state index contributed by atoms with van der Waals surface area (Å²) in [5.41, 5.74) is 2.15. The van der Waals surface area contributed by atoms with Gasteiger partial charge in [0.1, 0.15) is 11.6 Å². The summed E-state index contributed by atoms with van der Waals surface area (Å²) in [4.78, 5) is 16.1. The van der Waals surface area contributed by atoms with E-state index in [-0.39, 0.29) is 5.69 Å². The average molecular weight is 366 g/mol. The highest BCUT2D eigenvalue weighted by atomic mass is 35.5. The largest absolute Gasteiger partial charge is 0.368 e. The molecule has 0 unspecified atom stereocenters. The Balaban J connectivity index is 1.62. The van der Waals surface area contributed by atoms with Gasteiger partial charge in [-0.2, -0.15) is 0 Å². The summed E-state index contributed by atoms with van der Waals surface area (Å²) in [6, 6.07) is 8.41. The smallest absolute Gasteiger partial charge is 0.322 e. The van der Waals surface area contributed by atoms with Crippen molar-refractivity contribution < 1.29 is 13.6 Å². The van der Waals surface area contributed by atoms with Gasteiger partial charge in [0.15, 0.2) is 0 Å². The third kappa shape index (κ3) is 4.02. The summed E-state index contributed by atoms with van der Waals surface area (Å²) >= 11 is 6.07. The molecule has 0 saturated carbocycles. The molecule has 4 nitrogen and oxygen atoms in total. The zero-order valence-electron chi connectivity index (χ0n) is 13.7. The molecular weight excluding hydrogens is 348 g/mol. The van der Waals surface area contributed by atoms with Crippen LogP contribution in [0.4, 0.5) is 25.0 Å². The first-order chi connectivity index (χ1) is 11.9. The zero-order valence-corrected chi connectivity index (χ0v) is 14.5. The third-order valence-corrected chi connectivity index (χ3v) is 4.49. The summed E-state index contributed by atoms with van der Waals surface area (Å²) in [6.07, 6.45) is 0. The predicted octanol–water partition coefficient (Wildman–Crippen LogP) is 4.28. The Morgan fingerprint density at radius 2 is 1.80 bits per heavy atom. The van der Waals surface area contributed by atoms with Crippen LogP contribution in [0.1, 0.15) is 5.56 Å². The molecule has 2 aromatic rings. The van der Waals surface area contributed by atoms with Crippen molar-refractivity contribution in [3.8, 4) is 0 Å². The summed E-state index contributed by atoms with van der Waals surface area (Å²) in [7, 11) is 0. The molecule has 1 aliphatic heterocycles. The highest BCUT2D eigenvalue weighted by Crippen LogP contribution is 2.25. The van der Waals surface area contributed by atoms with Crippen LogP contribution in [-0.4, -0.2) is 37.1 Å². The summed E-state index contributed by atoms with van der Waals surface area (Å²) in [5.74, 6) is -1.47. The Bertz CT molecular complexity index is 792. The molecule has 0 radical (unpaired) electrons. The van der Waals surface area contributed by atoms with Gasteiger partial charge in [0.05, 0.1) is 5.69 Å². The van der Waals surface area contributed by atoms with Crippen LogP contribution in [0, 0.1) is 18.6 Å². The maximum absolute atomic E-state index is 13.6. The number of aryl methyl sites for hydroxylation is 1. The number of carbonyl (C=O) groups is 1. The maximum atomic E-state index is 13.6. The second-order valence-corrected chi connectivity index (χ2v) is 6.40. The zero-order chi connectivity index (χ0) is 18.0. The number of nitrogens with zero attached hydrogens (tertiary/aromatic N) is 2. The predicted molar refractivity (Wildman–Crippen MR) is 95.4 cm³/mol. The number of urea groups is 1. The molecule has 0 aliphatic carbocycles. The first-order valence-electron chi connectivity index (χ1n) is 7.96. The normalized spacial score (nSPS) is 14.6. The minimum absolute atomic E-state index is 0.0282. The highest BCUT2D eigenvalue weighted by molar-refractivity contribution is 6.30. The van der Waals surface area contributed by atoms with E-state index in [1.165, 1.54) is 6.07 Å². The molecule has 1 aliphatic rings. The van der Waals surface area contributed by atoms with Crippen molar-refractivity contribution in [2.24, 2.45) is 0 Å². The third-order valence-electron chi connectivity index (χ3n) is 4.25. The first kappa shape index (κ1) is 17.5. The van der Waals surface area contributed by atoms with Crippen LogP contribution in [0.2, 0.25) is 5.02 Å². The van der Waals surface area contributed by atoms with E-state index in [1.54, 1.807) is 4.90 Å². The van der Waals surface area contributed by atoms with Gasteiger partial charge in [0, 0.05) is 43.0 Å². The molecule has 2 amide bonds. The molecule has 25 heavy (non-hydrogen) atoms. The summed E-state index contributed by atoms with van der Waals surface area (Å²) in [6.45, 7) is 4.32. The van der Waals surface area contributed by atoms with Gasteiger partial charge in [-0.05, 0) is 36.8 Å². The lowest BCUT2D eigenvalue weighted by Crippen LogP contribution is -2.50. The first-order valence-corrected chi connectivity index (χ1v) is 8.34. The molecule has 1 fully saturated rings. The highest BCUT2D eigenvalue weighted by Gasteiger charge is 2.23. The van der Waals surface area contributed by atoms with Crippen molar-refractivity contribution in [2.75, 3.05) is 36.4 Å². The quantitative estimate of drug-likeness (QED) is 0.862. The number of carbonyl (C=O) groups excluding carboxylic acids is 1. The number of anilines is 2. The van der Waals surface area contributed by atoms with Crippen molar-refractivity contribution in [1.82, 2.24) is 4.90 Å². The van der Waals surface area contributed by atoms with E-state index in [0.29, 0.717) is 31.2 Å². The number of rotatable bonds is 2. The van der Waals surface area contributed by atoms with Crippen LogP contribution in [0.15, 0.2) is 36.4 Å². The summed E-state index contributed by atoms with van der Waals surface area (Å²) in [5, 5.41) is 3.16. The minimum atomic E-state index is -0.790. The molecule has 0 atom stereocenters. The fourth-order valence-electron chi connectivity index (χ4n) is 2.86. The van der Waals surface area contributed by atoms with E-state index in [2.05, 4.69) is 10.2 Å². The Hall–Kier alpha value is -2.34. The monoisotopic (exact) mass is 365 g/mol. The van der Waals surface area contributed by atoms with E-state index < -0.39 is 17.7 Å². The molecule has 1 saturated heterocycles. The van der Waals surface area contributed by atoms with Crippen LogP contribution < -0.4 is 10.2 Å². The van der Waals surface area contributed by atoms with E-state index in [9.17, 15) is 13.6 Å². The van der Waals surface area contributed by atoms with E-state index in [0.717, 1.165) is 23.4 Å². The Labute approximate surface area is 150 Å². The topological polar surface area (TPSA) is 35.6 Å². The number of benzene rings is 2. The fourth-order valence-corrected chi connectivity index (χ4v) is 3.03. The summed E-state index contributed by atoms with van der Waals surface area (Å²) < 4.78 is 26.6. The molecular formula is C18H18ClF2N3O. The number of halogens is 3. The maximum Gasteiger partial charge on any atom is 0.322 e. The van der Waals surface area contributed by atoms with Crippen LogP contribution >= 0.6 is 11.6 Å². The van der Waals surface area contributed by atoms with Crippen molar-refractivity contribution in [3.05, 3.63) is 58.6 Å². The van der Waals surface area contributed by atoms with E-state index in [4.69, 9.17) is 11.6 Å². The van der Waals surface area contributed by atoms with Crippen LogP contribution in [0.5, 0.6) is 0 Å². The second-order valence-electron chi connectivity index (χ2n) is 5.96. The van der Waals surface area contributed by atoms with Gasteiger partial charge in [0.2, 0.25) is 0 Å². The molecule has 7 heteroatoms. The van der Waals surface area contributed by atoms with Crippen LogP contribution in [0.25, 0.3) is 0 Å². The lowest BCUT2D eigenvalue weighted by molar-refractivity contribution is 0.208. The SMILES string of the molecule is Cc1ccc(Cl)cc1N1CCN(C(=O)Nc2ccc(F)cc2F)CC1. The van der Waals surface area contributed by atoms with Gasteiger partial charge >= 0.3 is 6.03 Å². The molecule has 3 rings (SSSR count). The fraction of sp³-hybridized carbons (Fsp3) is 0.278. The van der Waals surface area contributed by atoms with Gasteiger partial charge in [-0.25, -0.2) is 13.6 Å². The molecule has 1 N–H and O–H groups in total. The molecule has 0 bridgehead atoms. The molecule has 2 aromatic carbocycles. The average Bonchev–Trinajstić information content (AvgIpc) is 2.59. The lowest BCUT2D eigenvalue weighted by atomic mass is 10.1. The standard InChI is InChI=1S/C18H18ClF2N3O/c1-12-2-3-13(19)10-17(12)23-6-8-24(9-7-23)18(25)22-16-5-4-14(20)11-15(16)21/h2-5,10-11H,6-9H2,1H3,(H,22,25). The van der Waals surface area contributed by atoms with E-state index in [1.807, 2.05) is 25.1 Å². The number of piperazine rings is 1. The van der Waals surface area contributed by atoms with Crippen molar-refractivity contribution in [2.45, 2.75) is 6.92 Å². The van der Waals surface area contributed by atoms with Crippen molar-refractivity contribution in [1.29, 1.82) is 0 Å². The Morgan fingerprint density at radius 1 is 1.08 bits per heavy atom. The van der Waals surface area contributed by atoms with Crippen molar-refractivity contribution >= 4 is 29.0 Å². The van der Waals surface area contributed by atoms with E-state index >= 15 is 0 Å². The molecule has 0 aromatic heterocycles. The number of amides is 2.